The van der Waals surface area contributed by atoms with Crippen LogP contribution in [0, 0.1) is 5.92 Å². The van der Waals surface area contributed by atoms with Crippen molar-refractivity contribution in [3.63, 3.8) is 0 Å². The van der Waals surface area contributed by atoms with E-state index in [1.165, 1.54) is 6.42 Å². The second-order valence-electron chi connectivity index (χ2n) is 6.29. The Bertz CT molecular complexity index is 542. The monoisotopic (exact) mass is 316 g/mol. The minimum atomic E-state index is -0.00760. The molecule has 1 saturated heterocycles. The summed E-state index contributed by atoms with van der Waals surface area (Å²) in [6, 6.07) is 9.37. The van der Waals surface area contributed by atoms with Gasteiger partial charge >= 0.3 is 0 Å². The van der Waals surface area contributed by atoms with Crippen molar-refractivity contribution in [2.45, 2.75) is 25.7 Å². The fraction of sp³-hybridized carbons (Fsp3) is 0.556. The van der Waals surface area contributed by atoms with Crippen molar-refractivity contribution in [1.82, 2.24) is 9.80 Å². The van der Waals surface area contributed by atoms with E-state index < -0.39 is 0 Å². The third kappa shape index (κ3) is 4.03. The van der Waals surface area contributed by atoms with Crippen LogP contribution in [0.3, 0.4) is 0 Å². The lowest BCUT2D eigenvalue weighted by Gasteiger charge is -2.31. The molecule has 0 bridgehead atoms. The first-order valence-electron chi connectivity index (χ1n) is 8.48. The van der Waals surface area contributed by atoms with E-state index in [0.717, 1.165) is 25.8 Å². The van der Waals surface area contributed by atoms with E-state index in [2.05, 4.69) is 0 Å². The molecule has 1 aromatic rings. The summed E-state index contributed by atoms with van der Waals surface area (Å²) < 4.78 is 5.53. The molecule has 5 nitrogen and oxygen atoms in total. The highest BCUT2D eigenvalue weighted by molar-refractivity contribution is 5.80. The molecule has 2 aliphatic rings. The van der Waals surface area contributed by atoms with Gasteiger partial charge in [-0.05, 0) is 31.4 Å². The summed E-state index contributed by atoms with van der Waals surface area (Å²) in [5, 5.41) is 0. The number of hydrogen-bond donors (Lipinski definition) is 0. The summed E-state index contributed by atoms with van der Waals surface area (Å²) in [6.45, 7) is 2.77. The van der Waals surface area contributed by atoms with E-state index in [9.17, 15) is 9.59 Å². The number of para-hydroxylation sites is 1. The highest BCUT2D eigenvalue weighted by atomic mass is 16.5. The number of rotatable bonds is 4. The standard InChI is InChI=1S/C18H24N2O3/c21-17(14-23-16-8-2-1-3-9-16)19-10-5-11-20(13-12-19)18(22)15-6-4-7-15/h1-3,8-9,15H,4-7,10-14H2. The van der Waals surface area contributed by atoms with Gasteiger partial charge in [0.1, 0.15) is 5.75 Å². The van der Waals surface area contributed by atoms with Crippen molar-refractivity contribution in [1.29, 1.82) is 0 Å². The normalized spacial score (nSPS) is 19.0. The van der Waals surface area contributed by atoms with Gasteiger partial charge in [0.2, 0.25) is 5.91 Å². The lowest BCUT2D eigenvalue weighted by atomic mass is 9.84. The predicted octanol–water partition coefficient (Wildman–Crippen LogP) is 1.93. The molecule has 5 heteroatoms. The van der Waals surface area contributed by atoms with E-state index >= 15 is 0 Å². The second kappa shape index (κ2) is 7.49. The number of ether oxygens (including phenoxy) is 1. The molecule has 1 heterocycles. The zero-order valence-electron chi connectivity index (χ0n) is 13.4. The average molecular weight is 316 g/mol. The minimum Gasteiger partial charge on any atom is -0.484 e. The lowest BCUT2D eigenvalue weighted by molar-refractivity contribution is -0.139. The number of carbonyl (C=O) groups is 2. The minimum absolute atomic E-state index is 0.00760. The molecule has 2 fully saturated rings. The van der Waals surface area contributed by atoms with Gasteiger partial charge in [0.05, 0.1) is 0 Å². The predicted molar refractivity (Wildman–Crippen MR) is 87.1 cm³/mol. The summed E-state index contributed by atoms with van der Waals surface area (Å²) in [5.74, 6) is 1.22. The van der Waals surface area contributed by atoms with Crippen LogP contribution in [0.15, 0.2) is 30.3 Å². The number of hydrogen-bond acceptors (Lipinski definition) is 3. The molecular formula is C18H24N2O3. The summed E-state index contributed by atoms with van der Waals surface area (Å²) >= 11 is 0. The van der Waals surface area contributed by atoms with Crippen LogP contribution in [0.4, 0.5) is 0 Å². The Labute approximate surface area is 137 Å². The number of nitrogens with zero attached hydrogens (tertiary/aromatic N) is 2. The number of carbonyl (C=O) groups excluding carboxylic acids is 2. The molecule has 0 radical (unpaired) electrons. The zero-order chi connectivity index (χ0) is 16.1. The van der Waals surface area contributed by atoms with Crippen LogP contribution in [-0.4, -0.2) is 54.4 Å². The van der Waals surface area contributed by atoms with Gasteiger partial charge in [0.25, 0.3) is 5.91 Å². The van der Waals surface area contributed by atoms with E-state index in [0.29, 0.717) is 25.4 Å². The van der Waals surface area contributed by atoms with Crippen molar-refractivity contribution < 1.29 is 14.3 Å². The molecule has 3 rings (SSSR count). The van der Waals surface area contributed by atoms with Gasteiger partial charge in [-0.2, -0.15) is 0 Å². The van der Waals surface area contributed by atoms with E-state index in [1.54, 1.807) is 0 Å². The van der Waals surface area contributed by atoms with Crippen LogP contribution in [0.2, 0.25) is 0 Å². The number of benzene rings is 1. The third-order valence-corrected chi connectivity index (χ3v) is 4.72. The number of amides is 2. The molecule has 23 heavy (non-hydrogen) atoms. The van der Waals surface area contributed by atoms with Crippen molar-refractivity contribution in [3.8, 4) is 5.75 Å². The van der Waals surface area contributed by atoms with Crippen molar-refractivity contribution >= 4 is 11.8 Å². The zero-order valence-corrected chi connectivity index (χ0v) is 13.4. The molecule has 0 spiro atoms. The smallest absolute Gasteiger partial charge is 0.260 e. The molecule has 0 unspecified atom stereocenters. The first kappa shape index (κ1) is 15.8. The Hall–Kier alpha value is -2.04. The summed E-state index contributed by atoms with van der Waals surface area (Å²) in [4.78, 5) is 28.4. The maximum atomic E-state index is 12.3. The van der Waals surface area contributed by atoms with E-state index in [4.69, 9.17) is 4.74 Å². The topological polar surface area (TPSA) is 49.9 Å². The SMILES string of the molecule is O=C(COc1ccccc1)N1CCCN(C(=O)C2CCC2)CC1. The molecule has 0 atom stereocenters. The Morgan fingerprint density at radius 2 is 1.65 bits per heavy atom. The molecule has 0 aromatic heterocycles. The van der Waals surface area contributed by atoms with Gasteiger partial charge in [-0.3, -0.25) is 9.59 Å². The average Bonchev–Trinajstić information content (AvgIpc) is 2.78. The molecule has 124 valence electrons. The Morgan fingerprint density at radius 1 is 0.957 bits per heavy atom. The first-order valence-corrected chi connectivity index (χ1v) is 8.48. The van der Waals surface area contributed by atoms with Crippen molar-refractivity contribution in [3.05, 3.63) is 30.3 Å². The van der Waals surface area contributed by atoms with Crippen LogP contribution < -0.4 is 4.74 Å². The van der Waals surface area contributed by atoms with Gasteiger partial charge in [0.15, 0.2) is 6.61 Å². The Kier molecular flexibility index (Phi) is 5.16. The van der Waals surface area contributed by atoms with Crippen LogP contribution in [0.5, 0.6) is 5.75 Å². The Balaban J connectivity index is 1.47. The maximum absolute atomic E-state index is 12.3. The van der Waals surface area contributed by atoms with Crippen LogP contribution in [-0.2, 0) is 9.59 Å². The summed E-state index contributed by atoms with van der Waals surface area (Å²) in [6.07, 6.45) is 4.08. The van der Waals surface area contributed by atoms with Gasteiger partial charge in [-0.1, -0.05) is 24.6 Å². The fourth-order valence-corrected chi connectivity index (χ4v) is 3.05. The van der Waals surface area contributed by atoms with E-state index in [-0.39, 0.29) is 24.3 Å². The fourth-order valence-electron chi connectivity index (χ4n) is 3.05. The van der Waals surface area contributed by atoms with Crippen LogP contribution >= 0.6 is 0 Å². The molecule has 1 saturated carbocycles. The first-order chi connectivity index (χ1) is 11.2. The molecule has 1 aromatic carbocycles. The molecule has 0 N–H and O–H groups in total. The lowest BCUT2D eigenvalue weighted by Crippen LogP contribution is -2.42. The third-order valence-electron chi connectivity index (χ3n) is 4.72. The molecule has 1 aliphatic carbocycles. The molecule has 1 aliphatic heterocycles. The van der Waals surface area contributed by atoms with Crippen LogP contribution in [0.25, 0.3) is 0 Å². The van der Waals surface area contributed by atoms with Crippen molar-refractivity contribution in [2.75, 3.05) is 32.8 Å². The Morgan fingerprint density at radius 3 is 2.35 bits per heavy atom. The second-order valence-corrected chi connectivity index (χ2v) is 6.29. The summed E-state index contributed by atoms with van der Waals surface area (Å²) in [7, 11) is 0. The van der Waals surface area contributed by atoms with Gasteiger partial charge in [-0.25, -0.2) is 0 Å². The van der Waals surface area contributed by atoms with Gasteiger partial charge in [-0.15, -0.1) is 0 Å². The summed E-state index contributed by atoms with van der Waals surface area (Å²) in [5.41, 5.74) is 0. The van der Waals surface area contributed by atoms with Gasteiger partial charge in [0, 0.05) is 32.1 Å². The van der Waals surface area contributed by atoms with Crippen LogP contribution in [0.1, 0.15) is 25.7 Å². The molecular weight excluding hydrogens is 292 g/mol. The van der Waals surface area contributed by atoms with E-state index in [1.807, 2.05) is 40.1 Å². The van der Waals surface area contributed by atoms with Crippen molar-refractivity contribution in [2.24, 2.45) is 5.92 Å². The molecule has 2 amide bonds. The highest BCUT2D eigenvalue weighted by Crippen LogP contribution is 2.28. The largest absolute Gasteiger partial charge is 0.484 e. The maximum Gasteiger partial charge on any atom is 0.260 e. The highest BCUT2D eigenvalue weighted by Gasteiger charge is 2.30. The van der Waals surface area contributed by atoms with Gasteiger partial charge < -0.3 is 14.5 Å². The quantitative estimate of drug-likeness (QED) is 0.853.